The fourth-order valence-corrected chi connectivity index (χ4v) is 11.4. The van der Waals surface area contributed by atoms with E-state index >= 15 is 0 Å². The van der Waals surface area contributed by atoms with Gasteiger partial charge in [-0.1, -0.05) is 291 Å². The van der Waals surface area contributed by atoms with Gasteiger partial charge in [0.05, 0.1) is 30.5 Å². The van der Waals surface area contributed by atoms with Crippen LogP contribution in [0.2, 0.25) is 0 Å². The third-order valence-corrected chi connectivity index (χ3v) is 16.5. The zero-order valence-electron chi connectivity index (χ0n) is 52.3. The Kier molecular flexibility index (Phi) is 60.4. The molecule has 0 aliphatic carbocycles. The number of aliphatic hydroxyl groups is 5. The maximum atomic E-state index is 11.6. The van der Waals surface area contributed by atoms with Crippen molar-refractivity contribution in [3.63, 3.8) is 0 Å². The number of nitrogens with one attached hydrogen (secondary N) is 1. The second-order valence-electron chi connectivity index (χ2n) is 24.5. The van der Waals surface area contributed by atoms with Gasteiger partial charge in [0.2, 0.25) is 0 Å². The van der Waals surface area contributed by atoms with Crippen LogP contribution in [0.25, 0.3) is 0 Å². The molecule has 0 aromatic rings. The molecule has 2 unspecified atom stereocenters. The highest BCUT2D eigenvalue weighted by Crippen LogP contribution is 2.17. The Hall–Kier alpha value is -0.360. The molecule has 6 N–H and O–H groups in total. The van der Waals surface area contributed by atoms with E-state index in [1.165, 1.54) is 225 Å². The Morgan fingerprint density at radius 1 is 0.237 bits per heavy atom. The van der Waals surface area contributed by atoms with Crippen molar-refractivity contribution < 1.29 is 25.5 Å². The smallest absolute Gasteiger partial charge is 0.0667 e. The molecule has 0 fully saturated rings. The average molecular weight is 1080 g/mol. The van der Waals surface area contributed by atoms with E-state index < -0.39 is 12.2 Å². The maximum absolute atomic E-state index is 11.6. The second kappa shape index (κ2) is 60.7. The first-order valence-electron chi connectivity index (χ1n) is 34.5. The van der Waals surface area contributed by atoms with Crippen LogP contribution in [0.1, 0.15) is 330 Å². The van der Waals surface area contributed by atoms with Gasteiger partial charge in [0.1, 0.15) is 0 Å². The predicted octanol–water partition coefficient (Wildman–Crippen LogP) is 16.3. The van der Waals surface area contributed by atoms with Gasteiger partial charge in [0.15, 0.2) is 0 Å². The molecule has 0 saturated carbocycles. The number of nitrogens with zero attached hydrogens (tertiary/aromatic N) is 3. The average Bonchev–Trinajstić information content (AvgIpc) is 3.40. The molecule has 9 heteroatoms. The van der Waals surface area contributed by atoms with Gasteiger partial charge in [-0.2, -0.15) is 0 Å². The first-order valence-corrected chi connectivity index (χ1v) is 34.5. The molecule has 458 valence electrons. The number of unbranched alkanes of at least 4 members (excludes halogenated alkanes) is 35. The monoisotopic (exact) mass is 1080 g/mol. The summed E-state index contributed by atoms with van der Waals surface area (Å²) >= 11 is 0. The molecule has 0 aliphatic rings. The van der Waals surface area contributed by atoms with Crippen LogP contribution in [0.3, 0.4) is 0 Å². The molecule has 0 spiro atoms. The first-order chi connectivity index (χ1) is 37.2. The summed E-state index contributed by atoms with van der Waals surface area (Å²) < 4.78 is 0. The molecule has 0 rings (SSSR count). The van der Waals surface area contributed by atoms with Crippen molar-refractivity contribution in [1.82, 2.24) is 20.0 Å². The number of rotatable bonds is 65. The van der Waals surface area contributed by atoms with Crippen molar-refractivity contribution in [3.8, 4) is 0 Å². The summed E-state index contributed by atoms with van der Waals surface area (Å²) in [5.74, 6) is 0. The highest BCUT2D eigenvalue weighted by atomic mass is 16.3. The summed E-state index contributed by atoms with van der Waals surface area (Å²) in [4.78, 5) is 7.25. The highest BCUT2D eigenvalue weighted by molar-refractivity contribution is 4.75. The van der Waals surface area contributed by atoms with E-state index in [2.05, 4.69) is 54.6 Å². The fraction of sp³-hybridized carbons (Fsp3) is 1.00. The van der Waals surface area contributed by atoms with Crippen LogP contribution in [-0.2, 0) is 0 Å². The Morgan fingerprint density at radius 2 is 0.461 bits per heavy atom. The molecule has 0 aromatic carbocycles. The summed E-state index contributed by atoms with van der Waals surface area (Å²) in [5, 5.41) is 60.2. The maximum Gasteiger partial charge on any atom is 0.0667 e. The molecular formula is C67H140N4O5. The summed E-state index contributed by atoms with van der Waals surface area (Å²) in [6.45, 7) is 19.4. The first kappa shape index (κ1) is 75.6. The van der Waals surface area contributed by atoms with Crippen molar-refractivity contribution in [1.29, 1.82) is 0 Å². The minimum Gasteiger partial charge on any atom is -0.392 e. The Balaban J connectivity index is 5.84. The lowest BCUT2D eigenvalue weighted by Gasteiger charge is -2.32. The molecular weight excluding hydrogens is 941 g/mol. The lowest BCUT2D eigenvalue weighted by Crippen LogP contribution is -2.45. The zero-order chi connectivity index (χ0) is 55.6. The van der Waals surface area contributed by atoms with E-state index in [9.17, 15) is 25.5 Å². The quantitative estimate of drug-likeness (QED) is 0.0331. The topological polar surface area (TPSA) is 123 Å². The molecule has 5 atom stereocenters. The van der Waals surface area contributed by atoms with Gasteiger partial charge in [-0.15, -0.1) is 0 Å². The normalized spacial score (nSPS) is 14.2. The largest absolute Gasteiger partial charge is 0.392 e. The SMILES string of the molecule is CCCCCCCCCCC(O)CNCCN(CCCN(CCN(CC(O)CCCCCCCCCC)C[C@H](O)CCCCCCCCCC)C[C@H](O)CCCCCCCCCC)C[C@H](O)CCCCCCCCCC. The van der Waals surface area contributed by atoms with Crippen molar-refractivity contribution in [2.24, 2.45) is 0 Å². The van der Waals surface area contributed by atoms with E-state index in [0.717, 1.165) is 110 Å². The molecule has 0 heterocycles. The predicted molar refractivity (Wildman–Crippen MR) is 333 cm³/mol. The number of aliphatic hydroxyl groups excluding tert-OH is 5. The van der Waals surface area contributed by atoms with Crippen LogP contribution in [0.5, 0.6) is 0 Å². The minimum absolute atomic E-state index is 0.316. The van der Waals surface area contributed by atoms with Gasteiger partial charge in [-0.05, 0) is 51.6 Å². The molecule has 0 bridgehead atoms. The summed E-state index contributed by atoms with van der Waals surface area (Å²) in [6.07, 6.45) is 53.9. The molecule has 0 amide bonds. The summed E-state index contributed by atoms with van der Waals surface area (Å²) in [6, 6.07) is 0. The Labute approximate surface area is 476 Å². The Bertz CT molecular complexity index is 1060. The van der Waals surface area contributed by atoms with Gasteiger partial charge in [-0.25, -0.2) is 0 Å². The summed E-state index contributed by atoms with van der Waals surface area (Å²) in [5.41, 5.74) is 0. The summed E-state index contributed by atoms with van der Waals surface area (Å²) in [7, 11) is 0. The number of hydrogen-bond acceptors (Lipinski definition) is 9. The van der Waals surface area contributed by atoms with Gasteiger partial charge in [0, 0.05) is 58.9 Å². The fourth-order valence-electron chi connectivity index (χ4n) is 11.4. The molecule has 76 heavy (non-hydrogen) atoms. The second-order valence-corrected chi connectivity index (χ2v) is 24.5. The van der Waals surface area contributed by atoms with E-state index in [1.807, 2.05) is 0 Å². The van der Waals surface area contributed by atoms with Crippen LogP contribution in [0.4, 0.5) is 0 Å². The van der Waals surface area contributed by atoms with Gasteiger partial charge in [0.25, 0.3) is 0 Å². The van der Waals surface area contributed by atoms with Crippen LogP contribution >= 0.6 is 0 Å². The van der Waals surface area contributed by atoms with Crippen molar-refractivity contribution in [3.05, 3.63) is 0 Å². The molecule has 0 saturated heterocycles. The van der Waals surface area contributed by atoms with Crippen molar-refractivity contribution in [2.75, 3.05) is 72.0 Å². The standard InChI is InChI=1S/C67H140N4O5/c1-6-11-16-21-26-31-36-41-47-63(72)58-68-52-55-69(59-64(73)48-42-37-32-27-22-17-12-7-2)53-46-54-70(60-65(74)49-43-38-33-28-23-18-13-8-3)56-57-71(61-66(75)50-44-39-34-29-24-19-14-9-4)62-67(76)51-45-40-35-30-25-20-15-10-5/h63-68,72-76H,6-62H2,1-5H3/t63?,64-,65-,66-,67?/m1/s1. The Morgan fingerprint density at radius 3 is 0.750 bits per heavy atom. The van der Waals surface area contributed by atoms with E-state index in [1.54, 1.807) is 0 Å². The molecule has 0 radical (unpaired) electrons. The van der Waals surface area contributed by atoms with Crippen LogP contribution in [0, 0.1) is 0 Å². The van der Waals surface area contributed by atoms with Crippen LogP contribution in [0.15, 0.2) is 0 Å². The van der Waals surface area contributed by atoms with E-state index in [4.69, 9.17) is 0 Å². The minimum atomic E-state index is -0.401. The molecule has 0 aliphatic heterocycles. The van der Waals surface area contributed by atoms with E-state index in [-0.39, 0.29) is 18.3 Å². The van der Waals surface area contributed by atoms with Crippen LogP contribution < -0.4 is 5.32 Å². The zero-order valence-corrected chi connectivity index (χ0v) is 52.3. The third-order valence-electron chi connectivity index (χ3n) is 16.5. The van der Waals surface area contributed by atoms with Crippen molar-refractivity contribution in [2.45, 2.75) is 360 Å². The van der Waals surface area contributed by atoms with Gasteiger partial charge < -0.3 is 30.8 Å². The van der Waals surface area contributed by atoms with Gasteiger partial charge in [-0.3, -0.25) is 14.7 Å². The third kappa shape index (κ3) is 55.5. The van der Waals surface area contributed by atoms with Gasteiger partial charge >= 0.3 is 0 Å². The molecule has 0 aromatic heterocycles. The molecule has 9 nitrogen and oxygen atoms in total. The lowest BCUT2D eigenvalue weighted by molar-refractivity contribution is 0.0469. The van der Waals surface area contributed by atoms with E-state index in [0.29, 0.717) is 32.7 Å². The van der Waals surface area contributed by atoms with Crippen LogP contribution in [-0.4, -0.2) is 143 Å². The van der Waals surface area contributed by atoms with Crippen molar-refractivity contribution >= 4 is 0 Å². The lowest BCUT2D eigenvalue weighted by atomic mass is 10.0. The number of hydrogen-bond donors (Lipinski definition) is 6. The highest BCUT2D eigenvalue weighted by Gasteiger charge is 2.20.